The predicted octanol–water partition coefficient (Wildman–Crippen LogP) is 4.77. The minimum atomic E-state index is -0.0820. The number of ether oxygens (including phenoxy) is 4. The van der Waals surface area contributed by atoms with Gasteiger partial charge in [0.2, 0.25) is 0 Å². The highest BCUT2D eigenvalue weighted by Gasteiger charge is 2.31. The van der Waals surface area contributed by atoms with Crippen LogP contribution < -0.4 is 24.3 Å². The van der Waals surface area contributed by atoms with Crippen molar-refractivity contribution < 1.29 is 18.9 Å². The number of fused-ring (bicyclic) bond motifs is 1. The van der Waals surface area contributed by atoms with E-state index in [2.05, 4.69) is 28.4 Å². The van der Waals surface area contributed by atoms with Gasteiger partial charge in [0.1, 0.15) is 18.1 Å². The van der Waals surface area contributed by atoms with Crippen molar-refractivity contribution in [2.45, 2.75) is 19.0 Å². The van der Waals surface area contributed by atoms with Gasteiger partial charge in [-0.25, -0.2) is 0 Å². The van der Waals surface area contributed by atoms with Gasteiger partial charge in [-0.2, -0.15) is 0 Å². The van der Waals surface area contributed by atoms with Crippen molar-refractivity contribution in [2.24, 2.45) is 0 Å². The van der Waals surface area contributed by atoms with Gasteiger partial charge in [0.05, 0.1) is 27.4 Å². The maximum Gasteiger partial charge on any atom is 0.169 e. The van der Waals surface area contributed by atoms with E-state index < -0.39 is 0 Å². The van der Waals surface area contributed by atoms with Crippen LogP contribution in [0.25, 0.3) is 0 Å². The number of methoxy groups -OCH3 is 3. The SMILES string of the molecule is COc1ccc(OC[C@@H]2c3cc(OC)c(OC)cc3CCN2C(=S)NCc2ccccc2)cc1. The zero-order chi connectivity index (χ0) is 23.9. The van der Waals surface area contributed by atoms with Gasteiger partial charge in [0.25, 0.3) is 0 Å². The highest BCUT2D eigenvalue weighted by molar-refractivity contribution is 7.80. The molecule has 1 aliphatic rings. The van der Waals surface area contributed by atoms with Crippen LogP contribution in [0, 0.1) is 0 Å². The number of hydrogen-bond donors (Lipinski definition) is 1. The van der Waals surface area contributed by atoms with Gasteiger partial charge < -0.3 is 29.2 Å². The summed E-state index contributed by atoms with van der Waals surface area (Å²) in [5.41, 5.74) is 3.52. The molecule has 0 bridgehead atoms. The summed E-state index contributed by atoms with van der Waals surface area (Å²) >= 11 is 5.84. The molecular weight excluding hydrogens is 448 g/mol. The molecule has 0 spiro atoms. The molecule has 0 aromatic heterocycles. The summed E-state index contributed by atoms with van der Waals surface area (Å²) in [5, 5.41) is 4.12. The van der Waals surface area contributed by atoms with Crippen molar-refractivity contribution in [3.05, 3.63) is 83.4 Å². The first kappa shape index (κ1) is 23.7. The number of rotatable bonds is 8. The lowest BCUT2D eigenvalue weighted by Crippen LogP contribution is -2.47. The Kier molecular flexibility index (Phi) is 7.75. The molecule has 6 nitrogen and oxygen atoms in total. The van der Waals surface area contributed by atoms with Crippen LogP contribution in [0.1, 0.15) is 22.7 Å². The molecule has 1 heterocycles. The topological polar surface area (TPSA) is 52.2 Å². The fourth-order valence-electron chi connectivity index (χ4n) is 4.17. The molecule has 1 atom stereocenters. The molecule has 0 fully saturated rings. The van der Waals surface area contributed by atoms with Crippen LogP contribution in [-0.2, 0) is 13.0 Å². The maximum atomic E-state index is 6.22. The van der Waals surface area contributed by atoms with E-state index in [1.54, 1.807) is 21.3 Å². The Morgan fingerprint density at radius 1 is 0.912 bits per heavy atom. The number of nitrogens with zero attached hydrogens (tertiary/aromatic N) is 1. The lowest BCUT2D eigenvalue weighted by molar-refractivity contribution is 0.187. The molecule has 7 heteroatoms. The molecule has 1 N–H and O–H groups in total. The van der Waals surface area contributed by atoms with E-state index in [0.29, 0.717) is 24.0 Å². The van der Waals surface area contributed by atoms with Gasteiger partial charge in [0, 0.05) is 13.1 Å². The Hall–Kier alpha value is -3.45. The summed E-state index contributed by atoms with van der Waals surface area (Å²) in [4.78, 5) is 2.20. The molecule has 0 saturated carbocycles. The third-order valence-corrected chi connectivity index (χ3v) is 6.40. The van der Waals surface area contributed by atoms with Gasteiger partial charge in [-0.05, 0) is 71.7 Å². The van der Waals surface area contributed by atoms with Gasteiger partial charge in [-0.3, -0.25) is 0 Å². The highest BCUT2D eigenvalue weighted by atomic mass is 32.1. The zero-order valence-electron chi connectivity index (χ0n) is 19.7. The Morgan fingerprint density at radius 2 is 1.59 bits per heavy atom. The van der Waals surface area contributed by atoms with Crippen LogP contribution in [0.3, 0.4) is 0 Å². The first-order valence-electron chi connectivity index (χ1n) is 11.2. The lowest BCUT2D eigenvalue weighted by Gasteiger charge is -2.39. The normalized spacial score (nSPS) is 14.7. The predicted molar refractivity (Wildman–Crippen MR) is 137 cm³/mol. The largest absolute Gasteiger partial charge is 0.497 e. The summed E-state index contributed by atoms with van der Waals surface area (Å²) < 4.78 is 22.6. The van der Waals surface area contributed by atoms with Crippen molar-refractivity contribution in [1.29, 1.82) is 0 Å². The minimum Gasteiger partial charge on any atom is -0.497 e. The van der Waals surface area contributed by atoms with E-state index >= 15 is 0 Å². The molecule has 0 unspecified atom stereocenters. The Morgan fingerprint density at radius 3 is 2.26 bits per heavy atom. The molecule has 4 rings (SSSR count). The Labute approximate surface area is 206 Å². The summed E-state index contributed by atoms with van der Waals surface area (Å²) in [6.45, 7) is 1.88. The van der Waals surface area contributed by atoms with E-state index in [1.807, 2.05) is 48.5 Å². The number of benzene rings is 3. The molecule has 0 amide bonds. The summed E-state index contributed by atoms with van der Waals surface area (Å²) in [6, 6.07) is 21.9. The number of nitrogens with one attached hydrogen (secondary N) is 1. The van der Waals surface area contributed by atoms with Crippen molar-refractivity contribution in [2.75, 3.05) is 34.5 Å². The third-order valence-electron chi connectivity index (χ3n) is 6.02. The molecular formula is C27H30N2O4S. The second-order valence-corrected chi connectivity index (χ2v) is 8.38. The van der Waals surface area contributed by atoms with Crippen LogP contribution in [0.4, 0.5) is 0 Å². The molecule has 3 aromatic carbocycles. The van der Waals surface area contributed by atoms with Gasteiger partial charge in [0.15, 0.2) is 16.6 Å². The average molecular weight is 479 g/mol. The minimum absolute atomic E-state index is 0.0820. The molecule has 178 valence electrons. The van der Waals surface area contributed by atoms with E-state index in [4.69, 9.17) is 31.2 Å². The fourth-order valence-corrected chi connectivity index (χ4v) is 4.46. The summed E-state index contributed by atoms with van der Waals surface area (Å²) in [5.74, 6) is 2.99. The average Bonchev–Trinajstić information content (AvgIpc) is 2.90. The Bertz CT molecular complexity index is 1110. The van der Waals surface area contributed by atoms with Crippen molar-refractivity contribution in [1.82, 2.24) is 10.2 Å². The smallest absolute Gasteiger partial charge is 0.169 e. The van der Waals surface area contributed by atoms with Gasteiger partial charge in [-0.1, -0.05) is 30.3 Å². The maximum absolute atomic E-state index is 6.22. The van der Waals surface area contributed by atoms with E-state index in [1.165, 1.54) is 11.1 Å². The quantitative estimate of drug-likeness (QED) is 0.468. The molecule has 3 aromatic rings. The number of hydrogen-bond acceptors (Lipinski definition) is 5. The second kappa shape index (κ2) is 11.1. The van der Waals surface area contributed by atoms with Crippen LogP contribution in [0.5, 0.6) is 23.0 Å². The van der Waals surface area contributed by atoms with Crippen LogP contribution >= 0.6 is 12.2 Å². The van der Waals surface area contributed by atoms with Crippen LogP contribution in [0.2, 0.25) is 0 Å². The standard InChI is InChI=1S/C27H30N2O4S/c1-30-21-9-11-22(12-10-21)33-18-24-23-16-26(32-3)25(31-2)15-20(23)13-14-29(24)27(34)28-17-19-7-5-4-6-8-19/h4-12,15-16,24H,13-14,17-18H2,1-3H3,(H,28,34)/t24-/m1/s1. The molecule has 0 saturated heterocycles. The number of thiocarbonyl (C=S) groups is 1. The van der Waals surface area contributed by atoms with E-state index in [-0.39, 0.29) is 6.04 Å². The first-order valence-corrected chi connectivity index (χ1v) is 11.6. The first-order chi connectivity index (χ1) is 16.6. The second-order valence-electron chi connectivity index (χ2n) is 8.00. The molecule has 34 heavy (non-hydrogen) atoms. The van der Waals surface area contributed by atoms with E-state index in [0.717, 1.165) is 35.8 Å². The van der Waals surface area contributed by atoms with Gasteiger partial charge in [-0.15, -0.1) is 0 Å². The highest BCUT2D eigenvalue weighted by Crippen LogP contribution is 2.38. The fraction of sp³-hybridized carbons (Fsp3) is 0.296. The molecule has 0 aliphatic carbocycles. The van der Waals surface area contributed by atoms with Crippen LogP contribution in [0.15, 0.2) is 66.7 Å². The zero-order valence-corrected chi connectivity index (χ0v) is 20.6. The summed E-state index contributed by atoms with van der Waals surface area (Å²) in [7, 11) is 4.96. The van der Waals surface area contributed by atoms with E-state index in [9.17, 15) is 0 Å². The monoisotopic (exact) mass is 478 g/mol. The third kappa shape index (κ3) is 5.37. The van der Waals surface area contributed by atoms with Crippen LogP contribution in [-0.4, -0.2) is 44.5 Å². The van der Waals surface area contributed by atoms with Crippen molar-refractivity contribution in [3.63, 3.8) is 0 Å². The van der Waals surface area contributed by atoms with Crippen molar-refractivity contribution >= 4 is 17.3 Å². The lowest BCUT2D eigenvalue weighted by atomic mass is 9.92. The summed E-state index contributed by atoms with van der Waals surface area (Å²) in [6.07, 6.45) is 0.849. The van der Waals surface area contributed by atoms with Crippen molar-refractivity contribution in [3.8, 4) is 23.0 Å². The molecule has 1 aliphatic heterocycles. The van der Waals surface area contributed by atoms with Gasteiger partial charge >= 0.3 is 0 Å². The molecule has 0 radical (unpaired) electrons. The Balaban J connectivity index is 1.58.